The second kappa shape index (κ2) is 7.89. The predicted molar refractivity (Wildman–Crippen MR) is 108 cm³/mol. The van der Waals surface area contributed by atoms with Crippen molar-refractivity contribution in [3.8, 4) is 0 Å². The van der Waals surface area contributed by atoms with Gasteiger partial charge < -0.3 is 0 Å². The molecule has 6 atom stereocenters. The minimum Gasteiger partial charge on any atom is -0.100 e. The van der Waals surface area contributed by atoms with Crippen LogP contribution in [0.3, 0.4) is 0 Å². The van der Waals surface area contributed by atoms with Crippen molar-refractivity contribution in [2.75, 3.05) is 0 Å². The van der Waals surface area contributed by atoms with Gasteiger partial charge in [-0.1, -0.05) is 54.9 Å². The summed E-state index contributed by atoms with van der Waals surface area (Å²) < 4.78 is 0. The molecule has 0 aromatic heterocycles. The second-order valence-electron chi connectivity index (χ2n) is 8.95. The van der Waals surface area contributed by atoms with E-state index in [1.54, 1.807) is 0 Å². The Kier molecular flexibility index (Phi) is 6.34. The van der Waals surface area contributed by atoms with Crippen LogP contribution in [0, 0.1) is 35.5 Å². The highest BCUT2D eigenvalue weighted by atomic mass is 14.5. The predicted octanol–water partition coefficient (Wildman–Crippen LogP) is 7.36. The molecule has 0 aliphatic heterocycles. The van der Waals surface area contributed by atoms with E-state index in [0.29, 0.717) is 17.8 Å². The standard InChI is InChI=1S/C24H38/c1-15(2)13-21(16(3)4)23-14-22(17(5)6)24(18(7)8)20-12-10-9-11-19(20)23/h19-24H,1,3,5,7,9-14H2,2,4,6,8H3. The fourth-order valence-electron chi connectivity index (χ4n) is 5.82. The van der Waals surface area contributed by atoms with Crippen molar-refractivity contribution in [2.24, 2.45) is 35.5 Å². The van der Waals surface area contributed by atoms with Crippen LogP contribution in [-0.2, 0) is 0 Å². The van der Waals surface area contributed by atoms with Crippen LogP contribution >= 0.6 is 0 Å². The zero-order valence-electron chi connectivity index (χ0n) is 16.5. The Balaban J connectivity index is 2.40. The summed E-state index contributed by atoms with van der Waals surface area (Å²) in [5, 5.41) is 0. The molecule has 0 aromatic rings. The number of fused-ring (bicyclic) bond motifs is 1. The highest BCUT2D eigenvalue weighted by Crippen LogP contribution is 2.56. The van der Waals surface area contributed by atoms with E-state index in [9.17, 15) is 0 Å². The van der Waals surface area contributed by atoms with Crippen molar-refractivity contribution in [3.63, 3.8) is 0 Å². The van der Waals surface area contributed by atoms with E-state index in [4.69, 9.17) is 0 Å². The highest BCUT2D eigenvalue weighted by molar-refractivity contribution is 5.18. The molecule has 0 amide bonds. The lowest BCUT2D eigenvalue weighted by molar-refractivity contribution is 0.0146. The topological polar surface area (TPSA) is 0 Å². The van der Waals surface area contributed by atoms with E-state index < -0.39 is 0 Å². The van der Waals surface area contributed by atoms with Crippen molar-refractivity contribution >= 4 is 0 Å². The summed E-state index contributed by atoms with van der Waals surface area (Å²) in [4.78, 5) is 0. The molecule has 2 aliphatic rings. The summed E-state index contributed by atoms with van der Waals surface area (Å²) in [7, 11) is 0. The second-order valence-corrected chi connectivity index (χ2v) is 8.95. The Hall–Kier alpha value is -1.04. The first-order valence-corrected chi connectivity index (χ1v) is 9.84. The van der Waals surface area contributed by atoms with E-state index in [1.165, 1.54) is 54.4 Å². The van der Waals surface area contributed by atoms with Gasteiger partial charge in [0, 0.05) is 0 Å². The average molecular weight is 327 g/mol. The first-order valence-electron chi connectivity index (χ1n) is 9.84. The molecule has 0 radical (unpaired) electrons. The van der Waals surface area contributed by atoms with Gasteiger partial charge in [-0.2, -0.15) is 0 Å². The SMILES string of the molecule is C=C(C)CC(C(=C)C)C1CC(C(=C)C)C(C(=C)C)C2CCCCC12. The molecule has 0 spiro atoms. The zero-order chi connectivity index (χ0) is 18.0. The zero-order valence-corrected chi connectivity index (χ0v) is 16.5. The molecule has 0 saturated heterocycles. The Morgan fingerprint density at radius 2 is 1.46 bits per heavy atom. The monoisotopic (exact) mass is 326 g/mol. The third kappa shape index (κ3) is 3.95. The third-order valence-electron chi connectivity index (χ3n) is 6.77. The van der Waals surface area contributed by atoms with Gasteiger partial charge in [-0.3, -0.25) is 0 Å². The van der Waals surface area contributed by atoms with Crippen LogP contribution in [-0.4, -0.2) is 0 Å². The van der Waals surface area contributed by atoms with E-state index in [2.05, 4.69) is 54.0 Å². The number of allylic oxidation sites excluding steroid dienone is 4. The third-order valence-corrected chi connectivity index (χ3v) is 6.77. The smallest absolute Gasteiger partial charge is 0.0112 e. The van der Waals surface area contributed by atoms with Crippen LogP contribution in [0.2, 0.25) is 0 Å². The lowest BCUT2D eigenvalue weighted by Crippen LogP contribution is -2.45. The molecule has 2 saturated carbocycles. The molecule has 0 heteroatoms. The van der Waals surface area contributed by atoms with Crippen LogP contribution < -0.4 is 0 Å². The molecule has 2 fully saturated rings. The maximum Gasteiger partial charge on any atom is -0.0112 e. The van der Waals surface area contributed by atoms with Gasteiger partial charge in [-0.05, 0) is 88.9 Å². The van der Waals surface area contributed by atoms with Crippen molar-refractivity contribution < 1.29 is 0 Å². The number of hydrogen-bond donors (Lipinski definition) is 0. The summed E-state index contributed by atoms with van der Waals surface area (Å²) >= 11 is 0. The highest BCUT2D eigenvalue weighted by Gasteiger charge is 2.47. The minimum absolute atomic E-state index is 0.584. The Labute approximate surface area is 150 Å². The Morgan fingerprint density at radius 3 is 1.92 bits per heavy atom. The van der Waals surface area contributed by atoms with Gasteiger partial charge in [0.1, 0.15) is 0 Å². The lowest BCUT2D eigenvalue weighted by Gasteiger charge is -2.53. The largest absolute Gasteiger partial charge is 0.100 e. The first-order chi connectivity index (χ1) is 11.2. The van der Waals surface area contributed by atoms with E-state index in [1.807, 2.05) is 0 Å². The summed E-state index contributed by atoms with van der Waals surface area (Å²) in [6.07, 6.45) is 7.91. The molecule has 2 rings (SSSR count). The van der Waals surface area contributed by atoms with E-state index >= 15 is 0 Å². The molecule has 134 valence electrons. The molecule has 2 aliphatic carbocycles. The van der Waals surface area contributed by atoms with Gasteiger partial charge in [0.25, 0.3) is 0 Å². The fourth-order valence-corrected chi connectivity index (χ4v) is 5.82. The molecule has 6 unspecified atom stereocenters. The Morgan fingerprint density at radius 1 is 0.875 bits per heavy atom. The quantitative estimate of drug-likeness (QED) is 0.447. The maximum absolute atomic E-state index is 4.38. The van der Waals surface area contributed by atoms with Gasteiger partial charge in [-0.25, -0.2) is 0 Å². The van der Waals surface area contributed by atoms with Gasteiger partial charge in [0.15, 0.2) is 0 Å². The first kappa shape index (κ1) is 19.3. The van der Waals surface area contributed by atoms with Gasteiger partial charge in [-0.15, -0.1) is 6.58 Å². The van der Waals surface area contributed by atoms with E-state index in [-0.39, 0.29) is 0 Å². The molecule has 0 nitrogen and oxygen atoms in total. The molecular weight excluding hydrogens is 288 g/mol. The van der Waals surface area contributed by atoms with Gasteiger partial charge in [0.05, 0.1) is 0 Å². The van der Waals surface area contributed by atoms with Crippen molar-refractivity contribution in [2.45, 2.75) is 66.2 Å². The lowest BCUT2D eigenvalue weighted by atomic mass is 9.52. The van der Waals surface area contributed by atoms with Crippen LogP contribution in [0.1, 0.15) is 66.2 Å². The van der Waals surface area contributed by atoms with Crippen LogP contribution in [0.4, 0.5) is 0 Å². The van der Waals surface area contributed by atoms with Gasteiger partial charge in [0.2, 0.25) is 0 Å². The van der Waals surface area contributed by atoms with E-state index in [0.717, 1.165) is 24.2 Å². The fraction of sp³-hybridized carbons (Fsp3) is 0.667. The summed E-state index contributed by atoms with van der Waals surface area (Å²) in [5.41, 5.74) is 5.38. The normalized spacial score (nSPS) is 34.1. The summed E-state index contributed by atoms with van der Waals surface area (Å²) in [5.74, 6) is 4.18. The van der Waals surface area contributed by atoms with Crippen molar-refractivity contribution in [1.29, 1.82) is 0 Å². The summed E-state index contributed by atoms with van der Waals surface area (Å²) in [6, 6.07) is 0. The molecule has 0 N–H and O–H groups in total. The molecule has 24 heavy (non-hydrogen) atoms. The minimum atomic E-state index is 0.584. The van der Waals surface area contributed by atoms with Crippen molar-refractivity contribution in [1.82, 2.24) is 0 Å². The molecule has 0 heterocycles. The van der Waals surface area contributed by atoms with Crippen LogP contribution in [0.25, 0.3) is 0 Å². The number of rotatable bonds is 6. The van der Waals surface area contributed by atoms with Gasteiger partial charge >= 0.3 is 0 Å². The number of hydrogen-bond acceptors (Lipinski definition) is 0. The molecular formula is C24H38. The maximum atomic E-state index is 4.38. The molecule has 0 bridgehead atoms. The van der Waals surface area contributed by atoms with Crippen molar-refractivity contribution in [3.05, 3.63) is 48.6 Å². The average Bonchev–Trinajstić information content (AvgIpc) is 2.50. The molecule has 0 aromatic carbocycles. The van der Waals surface area contributed by atoms with Crippen LogP contribution in [0.15, 0.2) is 48.6 Å². The Bertz CT molecular complexity index is 508. The summed E-state index contributed by atoms with van der Waals surface area (Å²) in [6.45, 7) is 26.2. The van der Waals surface area contributed by atoms with Crippen LogP contribution in [0.5, 0.6) is 0 Å².